The fourth-order valence-electron chi connectivity index (χ4n) is 0.893. The summed E-state index contributed by atoms with van der Waals surface area (Å²) in [7, 11) is 0. The Labute approximate surface area is 67.9 Å². The Hall–Kier alpha value is 0.320. The van der Waals surface area contributed by atoms with Crippen LogP contribution >= 0.6 is 22.6 Å². The molecule has 0 amide bonds. The molecule has 1 rings (SSSR count). The highest BCUT2D eigenvalue weighted by molar-refractivity contribution is 14.1. The number of rotatable bonds is 2. The number of halogens is 1. The molecule has 1 heterocycles. The first-order chi connectivity index (χ1) is 4.38. The average Bonchev–Trinajstić information content (AvgIpc) is 2.33. The highest BCUT2D eigenvalue weighted by Crippen LogP contribution is 2.02. The third kappa shape index (κ3) is 1.62. The van der Waals surface area contributed by atoms with Crippen molar-refractivity contribution in [1.82, 2.24) is 10.2 Å². The van der Waals surface area contributed by atoms with Crippen molar-refractivity contribution in [3.8, 4) is 0 Å². The lowest BCUT2D eigenvalue weighted by atomic mass is 10.5. The van der Waals surface area contributed by atoms with Crippen LogP contribution in [0.5, 0.6) is 0 Å². The van der Waals surface area contributed by atoms with Crippen LogP contribution in [-0.2, 0) is 4.79 Å². The maximum Gasteiger partial charge on any atom is 0.151 e. The number of nitrogens with one attached hydrogen (secondary N) is 1. The van der Waals surface area contributed by atoms with Crippen molar-refractivity contribution in [2.75, 3.05) is 17.6 Å². The monoisotopic (exact) mass is 240 g/mol. The fourth-order valence-corrected chi connectivity index (χ4v) is 1.66. The summed E-state index contributed by atoms with van der Waals surface area (Å²) in [5.41, 5.74) is 0. The zero-order valence-electron chi connectivity index (χ0n) is 5.01. The quantitative estimate of drug-likeness (QED) is 0.314. The number of carbonyl (C=O) groups excluding carboxylic acids is 1. The second-order valence-electron chi connectivity index (χ2n) is 1.97. The lowest BCUT2D eigenvalue weighted by Gasteiger charge is -2.14. The summed E-state index contributed by atoms with van der Waals surface area (Å²) >= 11 is 2.26. The van der Waals surface area contributed by atoms with Gasteiger partial charge in [-0.25, -0.2) is 0 Å². The molecule has 0 radical (unpaired) electrons. The minimum absolute atomic E-state index is 0.0260. The van der Waals surface area contributed by atoms with Crippen LogP contribution in [0, 0.1) is 0 Å². The molecule has 0 aromatic rings. The van der Waals surface area contributed by atoms with Crippen molar-refractivity contribution in [1.29, 1.82) is 0 Å². The minimum Gasteiger partial charge on any atom is -0.300 e. The molecule has 52 valence electrons. The maximum atomic E-state index is 10.3. The molecule has 0 aromatic heterocycles. The Bertz CT molecular complexity index is 109. The minimum atomic E-state index is -0.0260. The largest absolute Gasteiger partial charge is 0.300 e. The molecule has 9 heavy (non-hydrogen) atoms. The van der Waals surface area contributed by atoms with E-state index in [1.807, 2.05) is 0 Å². The topological polar surface area (TPSA) is 32.3 Å². The highest BCUT2D eigenvalue weighted by atomic mass is 127. The Morgan fingerprint density at radius 1 is 1.89 bits per heavy atom. The average molecular weight is 240 g/mol. The molecule has 1 N–H and O–H groups in total. The van der Waals surface area contributed by atoms with Gasteiger partial charge in [-0.1, -0.05) is 22.6 Å². The van der Waals surface area contributed by atoms with E-state index in [-0.39, 0.29) is 6.17 Å². The number of aldehydes is 1. The van der Waals surface area contributed by atoms with Gasteiger partial charge in [0.25, 0.3) is 0 Å². The van der Waals surface area contributed by atoms with Gasteiger partial charge in [-0.3, -0.25) is 10.2 Å². The van der Waals surface area contributed by atoms with Crippen molar-refractivity contribution >= 4 is 28.9 Å². The molecule has 0 aliphatic carbocycles. The summed E-state index contributed by atoms with van der Waals surface area (Å²) in [5.74, 6) is 0. The number of carbonyl (C=O) groups is 1. The molecule has 1 aliphatic heterocycles. The summed E-state index contributed by atoms with van der Waals surface area (Å²) in [6.07, 6.45) is 0.924. The molecule has 0 saturated carbocycles. The van der Waals surface area contributed by atoms with Gasteiger partial charge in [-0.05, 0) is 0 Å². The molecule has 0 bridgehead atoms. The van der Waals surface area contributed by atoms with Gasteiger partial charge in [0.05, 0.1) is 4.55 Å². The van der Waals surface area contributed by atoms with E-state index in [1.165, 1.54) is 0 Å². The standard InChI is InChI=1S/C5H9IN2O/c6-4-8-2-1-7-5(8)3-9/h3,5,7H,1-2,4H2. The van der Waals surface area contributed by atoms with Crippen LogP contribution in [0.25, 0.3) is 0 Å². The van der Waals surface area contributed by atoms with Crippen LogP contribution in [0.15, 0.2) is 0 Å². The van der Waals surface area contributed by atoms with Crippen molar-refractivity contribution in [2.45, 2.75) is 6.17 Å². The number of nitrogens with zero attached hydrogens (tertiary/aromatic N) is 1. The van der Waals surface area contributed by atoms with Gasteiger partial charge in [0, 0.05) is 13.1 Å². The van der Waals surface area contributed by atoms with Gasteiger partial charge in [0.1, 0.15) is 6.17 Å². The van der Waals surface area contributed by atoms with E-state index < -0.39 is 0 Å². The van der Waals surface area contributed by atoms with Gasteiger partial charge in [0.15, 0.2) is 6.29 Å². The molecule has 1 aliphatic rings. The number of hydrogen-bond acceptors (Lipinski definition) is 3. The summed E-state index contributed by atoms with van der Waals surface area (Å²) in [5, 5.41) is 3.06. The van der Waals surface area contributed by atoms with Gasteiger partial charge >= 0.3 is 0 Å². The first-order valence-electron chi connectivity index (χ1n) is 2.87. The van der Waals surface area contributed by atoms with Crippen LogP contribution < -0.4 is 5.32 Å². The third-order valence-electron chi connectivity index (χ3n) is 1.43. The Kier molecular flexibility index (Phi) is 2.87. The van der Waals surface area contributed by atoms with E-state index in [0.29, 0.717) is 0 Å². The van der Waals surface area contributed by atoms with Gasteiger partial charge in [0.2, 0.25) is 0 Å². The second kappa shape index (κ2) is 3.48. The second-order valence-corrected chi connectivity index (χ2v) is 2.65. The van der Waals surface area contributed by atoms with E-state index in [0.717, 1.165) is 23.9 Å². The molecule has 1 unspecified atom stereocenters. The normalized spacial score (nSPS) is 28.8. The van der Waals surface area contributed by atoms with Gasteiger partial charge in [-0.2, -0.15) is 0 Å². The summed E-state index contributed by atoms with van der Waals surface area (Å²) in [4.78, 5) is 12.4. The van der Waals surface area contributed by atoms with E-state index in [2.05, 4.69) is 32.8 Å². The molecular formula is C5H9IN2O. The Balaban J connectivity index is 2.41. The van der Waals surface area contributed by atoms with E-state index in [9.17, 15) is 4.79 Å². The third-order valence-corrected chi connectivity index (χ3v) is 2.30. The predicted molar refractivity (Wildman–Crippen MR) is 43.4 cm³/mol. The summed E-state index contributed by atoms with van der Waals surface area (Å²) in [6, 6.07) is 0. The van der Waals surface area contributed by atoms with Crippen molar-refractivity contribution in [3.05, 3.63) is 0 Å². The fraction of sp³-hybridized carbons (Fsp3) is 0.800. The van der Waals surface area contributed by atoms with Crippen molar-refractivity contribution in [3.63, 3.8) is 0 Å². The first kappa shape index (κ1) is 7.43. The zero-order valence-corrected chi connectivity index (χ0v) is 7.17. The summed E-state index contributed by atoms with van der Waals surface area (Å²) < 4.78 is 0.925. The van der Waals surface area contributed by atoms with Crippen LogP contribution in [0.3, 0.4) is 0 Å². The molecule has 1 fully saturated rings. The first-order valence-corrected chi connectivity index (χ1v) is 4.39. The predicted octanol–water partition coefficient (Wildman–Crippen LogP) is -0.191. The van der Waals surface area contributed by atoms with E-state index in [1.54, 1.807) is 0 Å². The smallest absolute Gasteiger partial charge is 0.151 e. The number of alkyl halides is 1. The van der Waals surface area contributed by atoms with Crippen LogP contribution in [-0.4, -0.2) is 35.0 Å². The zero-order chi connectivity index (χ0) is 6.69. The molecule has 4 heteroatoms. The van der Waals surface area contributed by atoms with Gasteiger partial charge in [-0.15, -0.1) is 0 Å². The molecule has 0 aromatic carbocycles. The van der Waals surface area contributed by atoms with Crippen molar-refractivity contribution < 1.29 is 4.79 Å². The summed E-state index contributed by atoms with van der Waals surface area (Å²) in [6.45, 7) is 1.93. The van der Waals surface area contributed by atoms with Gasteiger partial charge < -0.3 is 4.79 Å². The lowest BCUT2D eigenvalue weighted by Crippen LogP contribution is -2.35. The Morgan fingerprint density at radius 3 is 3.11 bits per heavy atom. The van der Waals surface area contributed by atoms with Crippen molar-refractivity contribution in [2.24, 2.45) is 0 Å². The van der Waals surface area contributed by atoms with Crippen LogP contribution in [0.2, 0.25) is 0 Å². The number of hydrogen-bond donors (Lipinski definition) is 1. The van der Waals surface area contributed by atoms with Crippen LogP contribution in [0.4, 0.5) is 0 Å². The lowest BCUT2D eigenvalue weighted by molar-refractivity contribution is -0.111. The van der Waals surface area contributed by atoms with E-state index in [4.69, 9.17) is 0 Å². The molecule has 3 nitrogen and oxygen atoms in total. The Morgan fingerprint density at radius 2 is 2.67 bits per heavy atom. The SMILES string of the molecule is O=CC1NCCN1CI. The molecule has 1 atom stereocenters. The maximum absolute atomic E-state index is 10.3. The van der Waals surface area contributed by atoms with Crippen LogP contribution in [0.1, 0.15) is 0 Å². The molecule has 1 saturated heterocycles. The van der Waals surface area contributed by atoms with E-state index >= 15 is 0 Å². The molecular weight excluding hydrogens is 231 g/mol. The molecule has 0 spiro atoms. The highest BCUT2D eigenvalue weighted by Gasteiger charge is 2.20.